The summed E-state index contributed by atoms with van der Waals surface area (Å²) in [6.45, 7) is 3.38. The Kier molecular flexibility index (Phi) is 3.28. The van der Waals surface area contributed by atoms with Gasteiger partial charge in [-0.05, 0) is 25.0 Å². The van der Waals surface area contributed by atoms with E-state index in [-0.39, 0.29) is 0 Å². The normalized spacial score (nSPS) is 19.5. The fourth-order valence-corrected chi connectivity index (χ4v) is 3.46. The molecule has 1 aromatic heterocycles. The zero-order valence-corrected chi connectivity index (χ0v) is 13.0. The largest absolute Gasteiger partial charge is 0.339 e. The van der Waals surface area contributed by atoms with Crippen LogP contribution in [-0.4, -0.2) is 46.5 Å². The van der Waals surface area contributed by atoms with Gasteiger partial charge in [-0.3, -0.25) is 4.79 Å². The zero-order valence-electron chi connectivity index (χ0n) is 13.0. The first-order chi connectivity index (χ1) is 10.7. The van der Waals surface area contributed by atoms with Gasteiger partial charge in [0.1, 0.15) is 0 Å². The predicted octanol–water partition coefficient (Wildman–Crippen LogP) is 2.02. The summed E-state index contributed by atoms with van der Waals surface area (Å²) in [4.78, 5) is 21.4. The van der Waals surface area contributed by atoms with Crippen molar-refractivity contribution in [2.24, 2.45) is 13.0 Å². The van der Waals surface area contributed by atoms with Crippen LogP contribution in [0.5, 0.6) is 0 Å². The van der Waals surface area contributed by atoms with Crippen LogP contribution in [0.15, 0.2) is 24.3 Å². The van der Waals surface area contributed by atoms with E-state index in [0.29, 0.717) is 11.8 Å². The molecule has 0 N–H and O–H groups in total. The van der Waals surface area contributed by atoms with Gasteiger partial charge in [-0.2, -0.15) is 0 Å². The maximum absolute atomic E-state index is 12.3. The lowest BCUT2D eigenvalue weighted by atomic mass is 9.84. The number of rotatable bonds is 2. The number of hydrogen-bond acceptors (Lipinski definition) is 3. The van der Waals surface area contributed by atoms with Crippen LogP contribution in [0.25, 0.3) is 11.0 Å². The molecular weight excluding hydrogens is 276 g/mol. The van der Waals surface area contributed by atoms with Crippen LogP contribution in [0.4, 0.5) is 5.95 Å². The third-order valence-corrected chi connectivity index (χ3v) is 5.09. The van der Waals surface area contributed by atoms with Gasteiger partial charge in [0.15, 0.2) is 0 Å². The van der Waals surface area contributed by atoms with E-state index in [1.165, 1.54) is 6.42 Å². The monoisotopic (exact) mass is 298 g/mol. The summed E-state index contributed by atoms with van der Waals surface area (Å²) in [5, 5.41) is 0. The van der Waals surface area contributed by atoms with Gasteiger partial charge in [-0.25, -0.2) is 4.98 Å². The Morgan fingerprint density at radius 2 is 1.86 bits per heavy atom. The highest BCUT2D eigenvalue weighted by molar-refractivity contribution is 5.80. The lowest BCUT2D eigenvalue weighted by Gasteiger charge is -2.38. The van der Waals surface area contributed by atoms with Crippen LogP contribution in [0.1, 0.15) is 19.3 Å². The van der Waals surface area contributed by atoms with Gasteiger partial charge in [0.25, 0.3) is 0 Å². The standard InChI is InChI=1S/C17H22N4O/c1-19-15-8-3-2-7-14(15)18-17(19)21-11-9-20(10-12-21)16(22)13-5-4-6-13/h2-3,7-8,13H,4-6,9-12H2,1H3. The molecule has 2 aliphatic rings. The van der Waals surface area contributed by atoms with Gasteiger partial charge < -0.3 is 14.4 Å². The van der Waals surface area contributed by atoms with Gasteiger partial charge in [-0.1, -0.05) is 18.6 Å². The molecule has 22 heavy (non-hydrogen) atoms. The van der Waals surface area contributed by atoms with Crippen LogP contribution < -0.4 is 4.90 Å². The second-order valence-electron chi connectivity index (χ2n) is 6.40. The maximum atomic E-state index is 12.3. The number of para-hydroxylation sites is 2. The molecule has 2 aromatic rings. The highest BCUT2D eigenvalue weighted by atomic mass is 16.2. The summed E-state index contributed by atoms with van der Waals surface area (Å²) in [6.07, 6.45) is 3.39. The van der Waals surface area contributed by atoms with E-state index < -0.39 is 0 Å². The van der Waals surface area contributed by atoms with Gasteiger partial charge in [0, 0.05) is 39.1 Å². The number of imidazole rings is 1. The molecule has 0 radical (unpaired) electrons. The van der Waals surface area contributed by atoms with Crippen LogP contribution in [-0.2, 0) is 11.8 Å². The summed E-state index contributed by atoms with van der Waals surface area (Å²) in [5.74, 6) is 1.69. The molecule has 5 nitrogen and oxygen atoms in total. The maximum Gasteiger partial charge on any atom is 0.225 e. The molecule has 0 bridgehead atoms. The fourth-order valence-electron chi connectivity index (χ4n) is 3.46. The van der Waals surface area contributed by atoms with E-state index in [1.54, 1.807) is 0 Å². The van der Waals surface area contributed by atoms with Crippen molar-refractivity contribution < 1.29 is 4.79 Å². The minimum atomic E-state index is 0.308. The van der Waals surface area contributed by atoms with Gasteiger partial charge in [0.05, 0.1) is 11.0 Å². The molecule has 116 valence electrons. The van der Waals surface area contributed by atoms with Crippen LogP contribution in [0.3, 0.4) is 0 Å². The summed E-state index contributed by atoms with van der Waals surface area (Å²) >= 11 is 0. The molecule has 1 saturated heterocycles. The van der Waals surface area contributed by atoms with Gasteiger partial charge in [-0.15, -0.1) is 0 Å². The Hall–Kier alpha value is -2.04. The van der Waals surface area contributed by atoms with E-state index in [1.807, 2.05) is 17.0 Å². The molecule has 0 spiro atoms. The van der Waals surface area contributed by atoms with E-state index in [4.69, 9.17) is 4.98 Å². The molecule has 5 heteroatoms. The number of carbonyl (C=O) groups is 1. The molecule has 0 atom stereocenters. The molecule has 1 aromatic carbocycles. The Bertz CT molecular complexity index is 696. The smallest absolute Gasteiger partial charge is 0.225 e. The van der Waals surface area contributed by atoms with Crippen LogP contribution in [0, 0.1) is 5.92 Å². The molecule has 2 heterocycles. The second kappa shape index (κ2) is 5.30. The molecule has 4 rings (SSSR count). The molecule has 1 saturated carbocycles. The predicted molar refractivity (Wildman–Crippen MR) is 86.8 cm³/mol. The van der Waals surface area contributed by atoms with E-state index in [0.717, 1.165) is 56.0 Å². The van der Waals surface area contributed by atoms with Crippen molar-refractivity contribution in [3.63, 3.8) is 0 Å². The number of aromatic nitrogens is 2. The fraction of sp³-hybridized carbons (Fsp3) is 0.529. The average molecular weight is 298 g/mol. The Morgan fingerprint density at radius 3 is 2.50 bits per heavy atom. The van der Waals surface area contributed by atoms with Crippen LogP contribution in [0.2, 0.25) is 0 Å². The summed E-state index contributed by atoms with van der Waals surface area (Å²) in [6, 6.07) is 8.22. The first-order valence-electron chi connectivity index (χ1n) is 8.19. The first kappa shape index (κ1) is 13.6. The number of piperazine rings is 1. The molecule has 2 fully saturated rings. The third-order valence-electron chi connectivity index (χ3n) is 5.09. The lowest BCUT2D eigenvalue weighted by molar-refractivity contribution is -0.138. The number of benzene rings is 1. The van der Waals surface area contributed by atoms with Crippen molar-refractivity contribution in [1.82, 2.24) is 14.5 Å². The van der Waals surface area contributed by atoms with E-state index in [9.17, 15) is 4.79 Å². The summed E-state index contributed by atoms with van der Waals surface area (Å²) in [7, 11) is 2.07. The quantitative estimate of drug-likeness (QED) is 0.852. The molecule has 1 aliphatic heterocycles. The Morgan fingerprint density at radius 1 is 1.14 bits per heavy atom. The van der Waals surface area contributed by atoms with Crippen LogP contribution >= 0.6 is 0 Å². The molecule has 1 amide bonds. The van der Waals surface area contributed by atoms with Crippen molar-refractivity contribution in [3.05, 3.63) is 24.3 Å². The third kappa shape index (κ3) is 2.16. The number of anilines is 1. The van der Waals surface area contributed by atoms with Crippen molar-refractivity contribution in [1.29, 1.82) is 0 Å². The summed E-state index contributed by atoms with van der Waals surface area (Å²) in [5.41, 5.74) is 2.19. The number of fused-ring (bicyclic) bond motifs is 1. The zero-order chi connectivity index (χ0) is 15.1. The van der Waals surface area contributed by atoms with Crippen molar-refractivity contribution >= 4 is 22.9 Å². The topological polar surface area (TPSA) is 41.4 Å². The average Bonchev–Trinajstić information content (AvgIpc) is 2.83. The number of aryl methyl sites for hydroxylation is 1. The van der Waals surface area contributed by atoms with Crippen molar-refractivity contribution in [2.75, 3.05) is 31.1 Å². The van der Waals surface area contributed by atoms with Gasteiger partial charge >= 0.3 is 0 Å². The number of carbonyl (C=O) groups excluding carboxylic acids is 1. The second-order valence-corrected chi connectivity index (χ2v) is 6.40. The van der Waals surface area contributed by atoms with Crippen molar-refractivity contribution in [3.8, 4) is 0 Å². The molecule has 0 unspecified atom stereocenters. The van der Waals surface area contributed by atoms with Crippen molar-refractivity contribution in [2.45, 2.75) is 19.3 Å². The minimum Gasteiger partial charge on any atom is -0.339 e. The molecule has 1 aliphatic carbocycles. The number of hydrogen-bond donors (Lipinski definition) is 0. The first-order valence-corrected chi connectivity index (χ1v) is 8.19. The Balaban J connectivity index is 1.48. The van der Waals surface area contributed by atoms with Gasteiger partial charge in [0.2, 0.25) is 11.9 Å². The highest BCUT2D eigenvalue weighted by Crippen LogP contribution is 2.29. The summed E-state index contributed by atoms with van der Waals surface area (Å²) < 4.78 is 2.15. The lowest BCUT2D eigenvalue weighted by Crippen LogP contribution is -2.51. The van der Waals surface area contributed by atoms with E-state index in [2.05, 4.69) is 28.6 Å². The molecular formula is C17H22N4O. The number of amides is 1. The minimum absolute atomic E-state index is 0.308. The SMILES string of the molecule is Cn1c(N2CCN(C(=O)C3CCC3)CC2)nc2ccccc21. The Labute approximate surface area is 130 Å². The number of nitrogens with zero attached hydrogens (tertiary/aromatic N) is 4. The highest BCUT2D eigenvalue weighted by Gasteiger charge is 2.31. The van der Waals surface area contributed by atoms with E-state index >= 15 is 0 Å².